The van der Waals surface area contributed by atoms with Gasteiger partial charge in [0.2, 0.25) is 0 Å². The van der Waals surface area contributed by atoms with Crippen molar-refractivity contribution in [3.05, 3.63) is 34.3 Å². The van der Waals surface area contributed by atoms with E-state index in [1.165, 1.54) is 5.56 Å². The van der Waals surface area contributed by atoms with E-state index < -0.39 is 12.0 Å². The van der Waals surface area contributed by atoms with Gasteiger partial charge >= 0.3 is 5.97 Å². The minimum atomic E-state index is -0.925. The largest absolute Gasteiger partial charge is 0.480 e. The fraction of sp³-hybridized carbons (Fsp3) is 0.364. The maximum atomic E-state index is 10.5. The highest BCUT2D eigenvalue weighted by Crippen LogP contribution is 2.12. The van der Waals surface area contributed by atoms with E-state index in [2.05, 4.69) is 15.9 Å². The van der Waals surface area contributed by atoms with E-state index in [0.717, 1.165) is 17.3 Å². The summed E-state index contributed by atoms with van der Waals surface area (Å²) in [6.07, 6.45) is 2.19. The lowest BCUT2D eigenvalue weighted by Gasteiger charge is -2.05. The summed E-state index contributed by atoms with van der Waals surface area (Å²) in [6, 6.07) is 7.27. The van der Waals surface area contributed by atoms with Crippen LogP contribution in [0.15, 0.2) is 28.7 Å². The highest BCUT2D eigenvalue weighted by atomic mass is 79.9. The Kier molecular flexibility index (Phi) is 4.78. The molecule has 0 amide bonds. The topological polar surface area (TPSA) is 63.3 Å². The van der Waals surface area contributed by atoms with E-state index in [0.29, 0.717) is 6.42 Å². The van der Waals surface area contributed by atoms with Crippen LogP contribution in [-0.2, 0) is 11.2 Å². The number of nitrogens with two attached hydrogens (primary N) is 1. The van der Waals surface area contributed by atoms with Gasteiger partial charge in [0.05, 0.1) is 0 Å². The quantitative estimate of drug-likeness (QED) is 0.863. The molecular formula is C11H14BrNO2. The van der Waals surface area contributed by atoms with Gasteiger partial charge in [0.15, 0.2) is 0 Å². The summed E-state index contributed by atoms with van der Waals surface area (Å²) in [5.41, 5.74) is 6.60. The number of hydrogen-bond donors (Lipinski definition) is 2. The van der Waals surface area contributed by atoms with E-state index in [4.69, 9.17) is 10.8 Å². The van der Waals surface area contributed by atoms with Crippen molar-refractivity contribution >= 4 is 21.9 Å². The van der Waals surface area contributed by atoms with Crippen molar-refractivity contribution in [1.82, 2.24) is 0 Å². The maximum absolute atomic E-state index is 10.5. The van der Waals surface area contributed by atoms with Crippen molar-refractivity contribution in [2.24, 2.45) is 5.73 Å². The summed E-state index contributed by atoms with van der Waals surface area (Å²) in [7, 11) is 0. The first-order valence-electron chi connectivity index (χ1n) is 4.82. The molecule has 1 aromatic rings. The Morgan fingerprint density at radius 3 is 2.53 bits per heavy atom. The second kappa shape index (κ2) is 5.88. The molecule has 1 aromatic carbocycles. The van der Waals surface area contributed by atoms with Gasteiger partial charge in [0, 0.05) is 4.47 Å². The minimum Gasteiger partial charge on any atom is -0.480 e. The zero-order chi connectivity index (χ0) is 11.3. The molecule has 1 atom stereocenters. The van der Waals surface area contributed by atoms with E-state index in [-0.39, 0.29) is 0 Å². The van der Waals surface area contributed by atoms with E-state index in [9.17, 15) is 4.79 Å². The molecule has 0 saturated heterocycles. The van der Waals surface area contributed by atoms with Crippen molar-refractivity contribution < 1.29 is 9.90 Å². The smallest absolute Gasteiger partial charge is 0.320 e. The molecule has 3 N–H and O–H groups in total. The molecule has 0 radical (unpaired) electrons. The summed E-state index contributed by atoms with van der Waals surface area (Å²) < 4.78 is 1.05. The standard InChI is InChI=1S/C11H14BrNO2/c12-9-6-4-8(5-7-9)2-1-3-10(13)11(14)15/h4-7,10H,1-3,13H2,(H,14,15)/t10-/m0/s1. The number of benzene rings is 1. The van der Waals surface area contributed by atoms with E-state index in [1.807, 2.05) is 24.3 Å². The van der Waals surface area contributed by atoms with Crippen LogP contribution in [0.5, 0.6) is 0 Å². The fourth-order valence-corrected chi connectivity index (χ4v) is 1.56. The molecule has 0 bridgehead atoms. The monoisotopic (exact) mass is 271 g/mol. The second-order valence-electron chi connectivity index (χ2n) is 3.46. The Bertz CT molecular complexity index is 324. The Balaban J connectivity index is 2.32. The fourth-order valence-electron chi connectivity index (χ4n) is 1.30. The Morgan fingerprint density at radius 1 is 1.40 bits per heavy atom. The lowest BCUT2D eigenvalue weighted by Crippen LogP contribution is -2.29. The van der Waals surface area contributed by atoms with Gasteiger partial charge in [-0.3, -0.25) is 4.79 Å². The van der Waals surface area contributed by atoms with Crippen molar-refractivity contribution in [2.75, 3.05) is 0 Å². The van der Waals surface area contributed by atoms with Crippen molar-refractivity contribution in [3.8, 4) is 0 Å². The predicted molar refractivity (Wildman–Crippen MR) is 62.7 cm³/mol. The van der Waals surface area contributed by atoms with Crippen LogP contribution in [0.25, 0.3) is 0 Å². The minimum absolute atomic E-state index is 0.519. The van der Waals surface area contributed by atoms with Crippen molar-refractivity contribution in [2.45, 2.75) is 25.3 Å². The van der Waals surface area contributed by atoms with Gasteiger partial charge < -0.3 is 10.8 Å². The summed E-state index contributed by atoms with van der Waals surface area (Å²) >= 11 is 3.36. The number of carboxylic acid groups (broad SMARTS) is 1. The van der Waals surface area contributed by atoms with E-state index in [1.54, 1.807) is 0 Å². The number of rotatable bonds is 5. The summed E-state index contributed by atoms with van der Waals surface area (Å²) in [5, 5.41) is 8.58. The number of carbonyl (C=O) groups is 1. The van der Waals surface area contributed by atoms with Crippen LogP contribution in [-0.4, -0.2) is 17.1 Å². The van der Waals surface area contributed by atoms with Gasteiger partial charge in [-0.1, -0.05) is 28.1 Å². The van der Waals surface area contributed by atoms with Gasteiger partial charge in [0.1, 0.15) is 6.04 Å². The first kappa shape index (κ1) is 12.2. The molecule has 0 spiro atoms. The van der Waals surface area contributed by atoms with Crippen LogP contribution in [0, 0.1) is 0 Å². The summed E-state index contributed by atoms with van der Waals surface area (Å²) in [5.74, 6) is -0.925. The van der Waals surface area contributed by atoms with Crippen LogP contribution < -0.4 is 5.73 Å². The zero-order valence-corrected chi connectivity index (χ0v) is 9.90. The molecule has 1 rings (SSSR count). The highest BCUT2D eigenvalue weighted by Gasteiger charge is 2.10. The lowest BCUT2D eigenvalue weighted by atomic mass is 10.1. The number of aliphatic carboxylic acids is 1. The molecule has 0 unspecified atom stereocenters. The third-order valence-electron chi connectivity index (χ3n) is 2.21. The Labute approximate surface area is 97.4 Å². The molecule has 15 heavy (non-hydrogen) atoms. The molecule has 82 valence electrons. The van der Waals surface area contributed by atoms with E-state index >= 15 is 0 Å². The van der Waals surface area contributed by atoms with Crippen LogP contribution in [0.1, 0.15) is 18.4 Å². The molecule has 3 nitrogen and oxygen atoms in total. The molecule has 4 heteroatoms. The molecule has 0 heterocycles. The Morgan fingerprint density at radius 2 is 2.00 bits per heavy atom. The summed E-state index contributed by atoms with van der Waals surface area (Å²) in [4.78, 5) is 10.5. The number of halogens is 1. The first-order valence-corrected chi connectivity index (χ1v) is 5.61. The molecule has 0 aliphatic carbocycles. The molecule has 0 saturated carbocycles. The van der Waals surface area contributed by atoms with Crippen LogP contribution in [0.4, 0.5) is 0 Å². The molecular weight excluding hydrogens is 258 g/mol. The van der Waals surface area contributed by atoms with Crippen LogP contribution in [0.2, 0.25) is 0 Å². The number of hydrogen-bond acceptors (Lipinski definition) is 2. The van der Waals surface area contributed by atoms with Crippen LogP contribution >= 0.6 is 15.9 Å². The predicted octanol–water partition coefficient (Wildman–Crippen LogP) is 2.18. The average molecular weight is 272 g/mol. The van der Waals surface area contributed by atoms with Gasteiger partial charge in [-0.25, -0.2) is 0 Å². The lowest BCUT2D eigenvalue weighted by molar-refractivity contribution is -0.138. The first-order chi connectivity index (χ1) is 7.09. The van der Waals surface area contributed by atoms with Gasteiger partial charge in [-0.15, -0.1) is 0 Å². The Hall–Kier alpha value is -0.870. The molecule has 0 aromatic heterocycles. The maximum Gasteiger partial charge on any atom is 0.320 e. The third-order valence-corrected chi connectivity index (χ3v) is 2.74. The third kappa shape index (κ3) is 4.44. The highest BCUT2D eigenvalue weighted by molar-refractivity contribution is 9.10. The van der Waals surface area contributed by atoms with Crippen molar-refractivity contribution in [1.29, 1.82) is 0 Å². The molecule has 0 aliphatic rings. The SMILES string of the molecule is N[C@@H](CCCc1ccc(Br)cc1)C(=O)O. The zero-order valence-electron chi connectivity index (χ0n) is 8.32. The second-order valence-corrected chi connectivity index (χ2v) is 4.38. The number of carboxylic acids is 1. The van der Waals surface area contributed by atoms with Gasteiger partial charge in [-0.05, 0) is 37.0 Å². The molecule has 0 fully saturated rings. The van der Waals surface area contributed by atoms with Crippen molar-refractivity contribution in [3.63, 3.8) is 0 Å². The van der Waals surface area contributed by atoms with Gasteiger partial charge in [0.25, 0.3) is 0 Å². The summed E-state index contributed by atoms with van der Waals surface area (Å²) in [6.45, 7) is 0. The average Bonchev–Trinajstić information content (AvgIpc) is 2.20. The molecule has 0 aliphatic heterocycles. The van der Waals surface area contributed by atoms with Gasteiger partial charge in [-0.2, -0.15) is 0 Å². The number of aryl methyl sites for hydroxylation is 1. The normalized spacial score (nSPS) is 12.4. The van der Waals surface area contributed by atoms with Crippen LogP contribution in [0.3, 0.4) is 0 Å².